The smallest absolute Gasteiger partial charge is 0.251 e. The van der Waals surface area contributed by atoms with Crippen LogP contribution < -0.4 is 5.32 Å². The largest absolute Gasteiger partial charge is 0.347 e. The molecule has 0 bridgehead atoms. The summed E-state index contributed by atoms with van der Waals surface area (Å²) < 4.78 is 12.8. The highest BCUT2D eigenvalue weighted by Crippen LogP contribution is 2.07. The SMILES string of the molecule is CCCCCC[C@@H](CF)NC(=O)c1ccccc1. The number of carbonyl (C=O) groups is 1. The van der Waals surface area contributed by atoms with Crippen LogP contribution in [-0.4, -0.2) is 18.6 Å². The Morgan fingerprint density at radius 2 is 1.94 bits per heavy atom. The molecule has 0 aliphatic heterocycles. The summed E-state index contributed by atoms with van der Waals surface area (Å²) in [5.74, 6) is -0.186. The topological polar surface area (TPSA) is 29.1 Å². The third-order valence-corrected chi connectivity index (χ3v) is 2.96. The molecule has 1 rings (SSSR count). The number of halogens is 1. The van der Waals surface area contributed by atoms with Gasteiger partial charge in [0.15, 0.2) is 0 Å². The van der Waals surface area contributed by atoms with Gasteiger partial charge in [0.25, 0.3) is 5.91 Å². The highest BCUT2D eigenvalue weighted by atomic mass is 19.1. The second kappa shape index (κ2) is 8.67. The van der Waals surface area contributed by atoms with E-state index in [4.69, 9.17) is 0 Å². The van der Waals surface area contributed by atoms with Crippen molar-refractivity contribution in [3.8, 4) is 0 Å². The lowest BCUT2D eigenvalue weighted by Gasteiger charge is -2.15. The number of hydrogen-bond acceptors (Lipinski definition) is 1. The van der Waals surface area contributed by atoms with Gasteiger partial charge in [-0.05, 0) is 18.6 Å². The van der Waals surface area contributed by atoms with Gasteiger partial charge in [0.2, 0.25) is 0 Å². The third kappa shape index (κ3) is 5.30. The summed E-state index contributed by atoms with van der Waals surface area (Å²) in [7, 11) is 0. The van der Waals surface area contributed by atoms with Crippen LogP contribution in [0.25, 0.3) is 0 Å². The van der Waals surface area contributed by atoms with Gasteiger partial charge in [-0.2, -0.15) is 0 Å². The van der Waals surface area contributed by atoms with Crippen molar-refractivity contribution in [2.24, 2.45) is 0 Å². The molecule has 2 nitrogen and oxygen atoms in total. The van der Waals surface area contributed by atoms with E-state index in [1.807, 2.05) is 6.07 Å². The van der Waals surface area contributed by atoms with Crippen LogP contribution in [0.2, 0.25) is 0 Å². The molecule has 0 unspecified atom stereocenters. The minimum Gasteiger partial charge on any atom is -0.347 e. The van der Waals surface area contributed by atoms with E-state index in [1.54, 1.807) is 24.3 Å². The molecule has 3 heteroatoms. The Kier molecular flexibility index (Phi) is 7.07. The molecule has 1 N–H and O–H groups in total. The zero-order valence-corrected chi connectivity index (χ0v) is 11.0. The van der Waals surface area contributed by atoms with Gasteiger partial charge in [-0.25, -0.2) is 4.39 Å². The van der Waals surface area contributed by atoms with Crippen molar-refractivity contribution in [3.05, 3.63) is 35.9 Å². The molecule has 0 aliphatic rings. The zero-order chi connectivity index (χ0) is 13.2. The summed E-state index contributed by atoms with van der Waals surface area (Å²) in [6.07, 6.45) is 5.13. The Balaban J connectivity index is 2.36. The maximum absolute atomic E-state index is 12.8. The van der Waals surface area contributed by atoms with Crippen LogP contribution in [0.1, 0.15) is 49.4 Å². The molecule has 0 aromatic heterocycles. The first kappa shape index (κ1) is 14.7. The number of rotatable bonds is 8. The molecule has 0 spiro atoms. The van der Waals surface area contributed by atoms with Crippen LogP contribution in [-0.2, 0) is 0 Å². The summed E-state index contributed by atoms with van der Waals surface area (Å²) in [5.41, 5.74) is 0.588. The molecular weight excluding hydrogens is 229 g/mol. The highest BCUT2D eigenvalue weighted by Gasteiger charge is 2.12. The molecule has 1 aromatic carbocycles. The van der Waals surface area contributed by atoms with Gasteiger partial charge in [0.05, 0.1) is 6.04 Å². The minimum atomic E-state index is -0.495. The molecule has 0 radical (unpaired) electrons. The first-order chi connectivity index (χ1) is 8.77. The molecule has 0 saturated carbocycles. The van der Waals surface area contributed by atoms with Crippen molar-refractivity contribution in [2.45, 2.75) is 45.1 Å². The molecule has 0 saturated heterocycles. The summed E-state index contributed by atoms with van der Waals surface area (Å²) in [4.78, 5) is 11.8. The molecule has 0 fully saturated rings. The molecule has 1 aromatic rings. The number of benzene rings is 1. The van der Waals surface area contributed by atoms with E-state index in [0.29, 0.717) is 5.56 Å². The van der Waals surface area contributed by atoms with Crippen molar-refractivity contribution in [1.82, 2.24) is 5.32 Å². The second-order valence-electron chi connectivity index (χ2n) is 4.54. The molecule has 100 valence electrons. The third-order valence-electron chi connectivity index (χ3n) is 2.96. The number of nitrogens with one attached hydrogen (secondary N) is 1. The normalized spacial score (nSPS) is 12.1. The van der Waals surface area contributed by atoms with Crippen LogP contribution in [0.15, 0.2) is 30.3 Å². The Bertz CT molecular complexity index is 340. The van der Waals surface area contributed by atoms with Gasteiger partial charge in [-0.3, -0.25) is 4.79 Å². The Morgan fingerprint density at radius 1 is 1.22 bits per heavy atom. The van der Waals surface area contributed by atoms with Crippen molar-refractivity contribution >= 4 is 5.91 Å². The Morgan fingerprint density at radius 3 is 2.56 bits per heavy atom. The molecular formula is C15H22FNO. The molecule has 0 heterocycles. The van der Waals surface area contributed by atoms with E-state index in [9.17, 15) is 9.18 Å². The standard InChI is InChI=1S/C15H22FNO/c1-2-3-4-8-11-14(12-16)17-15(18)13-9-6-5-7-10-13/h5-7,9-10,14H,2-4,8,11-12H2,1H3,(H,17,18)/t14-/m0/s1. The van der Waals surface area contributed by atoms with Gasteiger partial charge in [0.1, 0.15) is 6.67 Å². The lowest BCUT2D eigenvalue weighted by Crippen LogP contribution is -2.36. The molecule has 0 aliphatic carbocycles. The van der Waals surface area contributed by atoms with Gasteiger partial charge in [0, 0.05) is 5.56 Å². The monoisotopic (exact) mass is 251 g/mol. The quantitative estimate of drug-likeness (QED) is 0.701. The lowest BCUT2D eigenvalue weighted by molar-refractivity contribution is 0.0927. The van der Waals surface area contributed by atoms with Gasteiger partial charge in [-0.15, -0.1) is 0 Å². The minimum absolute atomic E-state index is 0.186. The fourth-order valence-electron chi connectivity index (χ4n) is 1.86. The number of unbranched alkanes of at least 4 members (excludes halogenated alkanes) is 3. The van der Waals surface area contributed by atoms with Crippen molar-refractivity contribution < 1.29 is 9.18 Å². The van der Waals surface area contributed by atoms with Crippen molar-refractivity contribution in [3.63, 3.8) is 0 Å². The maximum atomic E-state index is 12.8. The fourth-order valence-corrected chi connectivity index (χ4v) is 1.86. The van der Waals surface area contributed by atoms with Gasteiger partial charge >= 0.3 is 0 Å². The number of alkyl halides is 1. The van der Waals surface area contributed by atoms with E-state index >= 15 is 0 Å². The highest BCUT2D eigenvalue weighted by molar-refractivity contribution is 5.94. The Hall–Kier alpha value is -1.38. The van der Waals surface area contributed by atoms with Crippen LogP contribution >= 0.6 is 0 Å². The first-order valence-corrected chi connectivity index (χ1v) is 6.69. The summed E-state index contributed by atoms with van der Waals surface area (Å²) in [5, 5.41) is 2.75. The van der Waals surface area contributed by atoms with Crippen LogP contribution in [0.5, 0.6) is 0 Å². The van der Waals surface area contributed by atoms with Crippen LogP contribution in [0.4, 0.5) is 4.39 Å². The summed E-state index contributed by atoms with van der Waals surface area (Å²) in [6.45, 7) is 1.65. The molecule has 18 heavy (non-hydrogen) atoms. The zero-order valence-electron chi connectivity index (χ0n) is 11.0. The number of amides is 1. The van der Waals surface area contributed by atoms with E-state index in [0.717, 1.165) is 25.7 Å². The average Bonchev–Trinajstić information content (AvgIpc) is 2.43. The first-order valence-electron chi connectivity index (χ1n) is 6.69. The molecule has 1 amide bonds. The average molecular weight is 251 g/mol. The summed E-state index contributed by atoms with van der Waals surface area (Å²) >= 11 is 0. The Labute approximate surface area is 109 Å². The fraction of sp³-hybridized carbons (Fsp3) is 0.533. The summed E-state index contributed by atoms with van der Waals surface area (Å²) in [6, 6.07) is 8.59. The van der Waals surface area contributed by atoms with Crippen molar-refractivity contribution in [1.29, 1.82) is 0 Å². The molecule has 1 atom stereocenters. The van der Waals surface area contributed by atoms with E-state index in [1.165, 1.54) is 6.42 Å². The maximum Gasteiger partial charge on any atom is 0.251 e. The number of carbonyl (C=O) groups excluding carboxylic acids is 1. The van der Waals surface area contributed by atoms with E-state index in [-0.39, 0.29) is 11.9 Å². The van der Waals surface area contributed by atoms with Crippen LogP contribution in [0, 0.1) is 0 Å². The van der Waals surface area contributed by atoms with Crippen LogP contribution in [0.3, 0.4) is 0 Å². The van der Waals surface area contributed by atoms with Crippen molar-refractivity contribution in [2.75, 3.05) is 6.67 Å². The lowest BCUT2D eigenvalue weighted by atomic mass is 10.1. The second-order valence-corrected chi connectivity index (χ2v) is 4.54. The number of hydrogen-bond donors (Lipinski definition) is 1. The predicted octanol–water partition coefficient (Wildman–Crippen LogP) is 3.72. The van der Waals surface area contributed by atoms with Gasteiger partial charge in [-0.1, -0.05) is 50.8 Å². The van der Waals surface area contributed by atoms with Gasteiger partial charge < -0.3 is 5.32 Å². The predicted molar refractivity (Wildman–Crippen MR) is 72.4 cm³/mol. The van der Waals surface area contributed by atoms with E-state index < -0.39 is 6.67 Å². The van der Waals surface area contributed by atoms with E-state index in [2.05, 4.69) is 12.2 Å².